The molecule has 2 aromatic heterocycles. The number of carbonyl (C=O) groups excluding carboxylic acids is 1. The Morgan fingerprint density at radius 2 is 2.12 bits per heavy atom. The predicted octanol–water partition coefficient (Wildman–Crippen LogP) is 3.65. The molecule has 0 saturated heterocycles. The number of hydrogen-bond acceptors (Lipinski definition) is 6. The number of ketones is 1. The van der Waals surface area contributed by atoms with E-state index in [1.807, 2.05) is 41.8 Å². The molecule has 0 aliphatic rings. The molecule has 0 saturated carbocycles. The Morgan fingerprint density at radius 1 is 1.28 bits per heavy atom. The van der Waals surface area contributed by atoms with Crippen molar-refractivity contribution in [3.8, 4) is 0 Å². The predicted molar refractivity (Wildman–Crippen MR) is 98.2 cm³/mol. The van der Waals surface area contributed by atoms with E-state index in [-0.39, 0.29) is 12.3 Å². The summed E-state index contributed by atoms with van der Waals surface area (Å²) in [4.78, 5) is 12.1. The van der Waals surface area contributed by atoms with Crippen LogP contribution in [-0.2, 0) is 11.3 Å². The van der Waals surface area contributed by atoms with Crippen molar-refractivity contribution in [2.75, 3.05) is 17.6 Å². The van der Waals surface area contributed by atoms with Gasteiger partial charge in [0.25, 0.3) is 0 Å². The molecule has 130 valence electrons. The second kappa shape index (κ2) is 8.22. The number of aromatic nitrogens is 3. The van der Waals surface area contributed by atoms with Gasteiger partial charge in [0.05, 0.1) is 35.8 Å². The fourth-order valence-corrected chi connectivity index (χ4v) is 3.25. The molecule has 2 heterocycles. The third kappa shape index (κ3) is 4.64. The molecule has 1 N–H and O–H groups in total. The highest BCUT2D eigenvalue weighted by Gasteiger charge is 2.13. The van der Waals surface area contributed by atoms with Crippen LogP contribution < -0.4 is 5.32 Å². The first-order valence-corrected chi connectivity index (χ1v) is 9.05. The van der Waals surface area contributed by atoms with Crippen LogP contribution in [0, 0.1) is 6.92 Å². The maximum Gasteiger partial charge on any atom is 0.192 e. The number of para-hydroxylation sites is 1. The number of nitrogens with one attached hydrogen (secondary N) is 1. The Morgan fingerprint density at radius 3 is 2.88 bits per heavy atom. The number of rotatable bonds is 8. The average Bonchev–Trinajstić information content (AvgIpc) is 3.24. The zero-order chi connectivity index (χ0) is 17.6. The van der Waals surface area contributed by atoms with Gasteiger partial charge in [0.2, 0.25) is 0 Å². The van der Waals surface area contributed by atoms with Crippen molar-refractivity contribution in [2.24, 2.45) is 0 Å². The van der Waals surface area contributed by atoms with Gasteiger partial charge in [-0.1, -0.05) is 35.5 Å². The molecule has 3 rings (SSSR count). The molecule has 3 aromatic rings. The molecule has 0 spiro atoms. The molecule has 1 aromatic carbocycles. The molecule has 0 aliphatic heterocycles. The molecule has 0 radical (unpaired) electrons. The molecule has 0 bridgehead atoms. The van der Waals surface area contributed by atoms with E-state index in [9.17, 15) is 4.79 Å². The Bertz CT molecular complexity index is 848. The minimum absolute atomic E-state index is 0.0510. The second-order valence-corrected chi connectivity index (χ2v) is 6.71. The van der Waals surface area contributed by atoms with Gasteiger partial charge in [-0.2, -0.15) is 0 Å². The average molecular weight is 377 g/mol. The molecule has 6 nitrogen and oxygen atoms in total. The fraction of sp³-hybridized carbons (Fsp3) is 0.235. The van der Waals surface area contributed by atoms with Gasteiger partial charge < -0.3 is 9.73 Å². The SMILES string of the molecule is Cc1nnc(SCC(=O)CNc2ccccc2Cl)n1Cc1ccco1. The van der Waals surface area contributed by atoms with Crippen LogP contribution >= 0.6 is 23.4 Å². The number of halogens is 1. The van der Waals surface area contributed by atoms with Gasteiger partial charge in [-0.25, -0.2) is 0 Å². The number of Topliss-reactive ketones (excluding diaryl/α,β-unsaturated/α-hetero) is 1. The lowest BCUT2D eigenvalue weighted by molar-refractivity contribution is -0.115. The van der Waals surface area contributed by atoms with Gasteiger partial charge in [0, 0.05) is 0 Å². The third-order valence-corrected chi connectivity index (χ3v) is 4.86. The first-order valence-electron chi connectivity index (χ1n) is 7.68. The Kier molecular flexibility index (Phi) is 5.78. The third-order valence-electron chi connectivity index (χ3n) is 3.51. The number of aryl methyl sites for hydroxylation is 1. The van der Waals surface area contributed by atoms with Crippen LogP contribution in [0.5, 0.6) is 0 Å². The van der Waals surface area contributed by atoms with Crippen molar-refractivity contribution in [2.45, 2.75) is 18.6 Å². The van der Waals surface area contributed by atoms with Crippen molar-refractivity contribution >= 4 is 34.8 Å². The molecular weight excluding hydrogens is 360 g/mol. The minimum Gasteiger partial charge on any atom is -0.467 e. The Hall–Kier alpha value is -2.25. The first kappa shape index (κ1) is 17.6. The molecule has 8 heteroatoms. The van der Waals surface area contributed by atoms with Crippen LogP contribution in [0.1, 0.15) is 11.6 Å². The van der Waals surface area contributed by atoms with Crippen LogP contribution in [0.4, 0.5) is 5.69 Å². The lowest BCUT2D eigenvalue weighted by Crippen LogP contribution is -2.16. The number of thioether (sulfide) groups is 1. The van der Waals surface area contributed by atoms with Crippen LogP contribution in [0.15, 0.2) is 52.2 Å². The van der Waals surface area contributed by atoms with Crippen molar-refractivity contribution in [1.29, 1.82) is 0 Å². The summed E-state index contributed by atoms with van der Waals surface area (Å²) in [6.45, 7) is 2.63. The quantitative estimate of drug-likeness (QED) is 0.605. The minimum atomic E-state index is 0.0510. The van der Waals surface area contributed by atoms with Crippen molar-refractivity contribution in [3.63, 3.8) is 0 Å². The van der Waals surface area contributed by atoms with Gasteiger partial charge >= 0.3 is 0 Å². The summed E-state index contributed by atoms with van der Waals surface area (Å²) in [5.41, 5.74) is 0.749. The summed E-state index contributed by atoms with van der Waals surface area (Å²) < 4.78 is 7.29. The number of nitrogens with zero attached hydrogens (tertiary/aromatic N) is 3. The molecule has 0 unspecified atom stereocenters. The molecule has 0 aliphatic carbocycles. The van der Waals surface area contributed by atoms with E-state index in [0.29, 0.717) is 22.5 Å². The van der Waals surface area contributed by atoms with Crippen LogP contribution in [-0.4, -0.2) is 32.8 Å². The molecule has 0 fully saturated rings. The molecule has 25 heavy (non-hydrogen) atoms. The topological polar surface area (TPSA) is 73.0 Å². The van der Waals surface area contributed by atoms with E-state index in [0.717, 1.165) is 17.3 Å². The first-order chi connectivity index (χ1) is 12.1. The largest absolute Gasteiger partial charge is 0.467 e. The number of furan rings is 1. The number of carbonyl (C=O) groups is 1. The number of anilines is 1. The van der Waals surface area contributed by atoms with Gasteiger partial charge in [0.1, 0.15) is 11.6 Å². The Labute approximate surface area is 154 Å². The summed E-state index contributed by atoms with van der Waals surface area (Å²) in [5.74, 6) is 1.94. The molecular formula is C17H17ClN4O2S. The summed E-state index contributed by atoms with van der Waals surface area (Å²) in [6, 6.07) is 11.1. The highest BCUT2D eigenvalue weighted by atomic mass is 35.5. The van der Waals surface area contributed by atoms with Crippen molar-refractivity contribution in [1.82, 2.24) is 14.8 Å². The van der Waals surface area contributed by atoms with Crippen molar-refractivity contribution in [3.05, 3.63) is 59.3 Å². The maximum absolute atomic E-state index is 12.1. The van der Waals surface area contributed by atoms with Gasteiger partial charge in [-0.05, 0) is 31.2 Å². The lowest BCUT2D eigenvalue weighted by Gasteiger charge is -2.08. The van der Waals surface area contributed by atoms with E-state index < -0.39 is 0 Å². The van der Waals surface area contributed by atoms with Crippen molar-refractivity contribution < 1.29 is 9.21 Å². The maximum atomic E-state index is 12.1. The normalized spacial score (nSPS) is 10.8. The van der Waals surface area contributed by atoms with Crippen LogP contribution in [0.2, 0.25) is 5.02 Å². The standard InChI is InChI=1S/C17H17ClN4O2S/c1-12-20-21-17(22(12)10-14-5-4-8-24-14)25-11-13(23)9-19-16-7-3-2-6-15(16)18/h2-8,19H,9-11H2,1H3. The van der Waals surface area contributed by atoms with Gasteiger partial charge in [-0.15, -0.1) is 10.2 Å². The second-order valence-electron chi connectivity index (χ2n) is 5.36. The summed E-state index contributed by atoms with van der Waals surface area (Å²) >= 11 is 7.42. The highest BCUT2D eigenvalue weighted by molar-refractivity contribution is 7.99. The van der Waals surface area contributed by atoms with E-state index in [1.54, 1.807) is 12.3 Å². The Balaban J connectivity index is 1.55. The monoisotopic (exact) mass is 376 g/mol. The van der Waals surface area contributed by atoms with E-state index in [2.05, 4.69) is 15.5 Å². The molecule has 0 amide bonds. The fourth-order valence-electron chi connectivity index (χ4n) is 2.20. The van der Waals surface area contributed by atoms with E-state index in [1.165, 1.54) is 11.8 Å². The van der Waals surface area contributed by atoms with E-state index in [4.69, 9.17) is 16.0 Å². The smallest absolute Gasteiger partial charge is 0.192 e. The lowest BCUT2D eigenvalue weighted by atomic mass is 10.3. The zero-order valence-corrected chi connectivity index (χ0v) is 15.2. The van der Waals surface area contributed by atoms with Crippen LogP contribution in [0.25, 0.3) is 0 Å². The summed E-state index contributed by atoms with van der Waals surface area (Å²) in [7, 11) is 0. The number of hydrogen-bond donors (Lipinski definition) is 1. The highest BCUT2D eigenvalue weighted by Crippen LogP contribution is 2.21. The summed E-state index contributed by atoms with van der Waals surface area (Å²) in [5, 5.41) is 12.6. The zero-order valence-electron chi connectivity index (χ0n) is 13.6. The van der Waals surface area contributed by atoms with Gasteiger partial charge in [-0.3, -0.25) is 9.36 Å². The van der Waals surface area contributed by atoms with Gasteiger partial charge in [0.15, 0.2) is 10.9 Å². The molecule has 0 atom stereocenters. The summed E-state index contributed by atoms with van der Waals surface area (Å²) in [6.07, 6.45) is 1.63. The number of benzene rings is 1. The van der Waals surface area contributed by atoms with Crippen LogP contribution in [0.3, 0.4) is 0 Å². The van der Waals surface area contributed by atoms with E-state index >= 15 is 0 Å².